The van der Waals surface area contributed by atoms with E-state index < -0.39 is 0 Å². The second-order valence-electron chi connectivity index (χ2n) is 1.55. The summed E-state index contributed by atoms with van der Waals surface area (Å²) < 4.78 is 2.36. The van der Waals surface area contributed by atoms with Crippen molar-refractivity contribution in [2.24, 2.45) is 7.05 Å². The first-order chi connectivity index (χ1) is 3.70. The van der Waals surface area contributed by atoms with E-state index in [0.29, 0.717) is 4.73 Å². The highest BCUT2D eigenvalue weighted by atomic mass is 79.9. The van der Waals surface area contributed by atoms with Crippen LogP contribution in [0.2, 0.25) is 0 Å². The zero-order valence-corrected chi connectivity index (χ0v) is 6.31. The van der Waals surface area contributed by atoms with Gasteiger partial charge in [-0.05, 0) is 22.9 Å². The van der Waals surface area contributed by atoms with E-state index in [1.807, 2.05) is 14.0 Å². The molecular formula is C4H6BrN3. The molecule has 1 rings (SSSR count). The fourth-order valence-electron chi connectivity index (χ4n) is 0.424. The Bertz CT molecular complexity index is 174. The summed E-state index contributed by atoms with van der Waals surface area (Å²) in [5, 5.41) is 3.93. The van der Waals surface area contributed by atoms with Crippen LogP contribution in [0.15, 0.2) is 4.73 Å². The SMILES string of the molecule is Cc1nc(Br)nn1C. The lowest BCUT2D eigenvalue weighted by Gasteiger charge is -1.84. The molecule has 0 bridgehead atoms. The Morgan fingerprint density at radius 1 is 1.62 bits per heavy atom. The normalized spacial score (nSPS) is 9.88. The molecule has 0 N–H and O–H groups in total. The molecule has 1 heterocycles. The van der Waals surface area contributed by atoms with E-state index >= 15 is 0 Å². The van der Waals surface area contributed by atoms with Gasteiger partial charge in [-0.3, -0.25) is 4.68 Å². The lowest BCUT2D eigenvalue weighted by Crippen LogP contribution is -1.91. The number of halogens is 1. The van der Waals surface area contributed by atoms with Crippen LogP contribution in [0.4, 0.5) is 0 Å². The highest BCUT2D eigenvalue weighted by Crippen LogP contribution is 2.00. The number of hydrogen-bond donors (Lipinski definition) is 0. The third-order valence-corrected chi connectivity index (χ3v) is 1.29. The third-order valence-electron chi connectivity index (χ3n) is 0.955. The zero-order chi connectivity index (χ0) is 6.15. The monoisotopic (exact) mass is 175 g/mol. The summed E-state index contributed by atoms with van der Waals surface area (Å²) in [5.74, 6) is 0.914. The molecule has 8 heavy (non-hydrogen) atoms. The molecule has 0 fully saturated rings. The van der Waals surface area contributed by atoms with Crippen molar-refractivity contribution < 1.29 is 0 Å². The lowest BCUT2D eigenvalue weighted by atomic mass is 10.7. The molecule has 0 saturated heterocycles. The average molecular weight is 176 g/mol. The van der Waals surface area contributed by atoms with E-state index in [-0.39, 0.29) is 0 Å². The Morgan fingerprint density at radius 3 is 2.38 bits per heavy atom. The largest absolute Gasteiger partial charge is 0.252 e. The van der Waals surface area contributed by atoms with Crippen molar-refractivity contribution >= 4 is 15.9 Å². The van der Waals surface area contributed by atoms with Gasteiger partial charge >= 0.3 is 0 Å². The molecule has 1 aromatic heterocycles. The summed E-state index contributed by atoms with van der Waals surface area (Å²) in [4.78, 5) is 3.98. The molecule has 0 saturated carbocycles. The van der Waals surface area contributed by atoms with Crippen LogP contribution < -0.4 is 0 Å². The standard InChI is InChI=1S/C4H6BrN3/c1-3-6-4(5)7-8(3)2/h1-2H3. The average Bonchev–Trinajstić information content (AvgIpc) is 1.85. The molecule has 0 unspecified atom stereocenters. The van der Waals surface area contributed by atoms with Crippen molar-refractivity contribution in [1.29, 1.82) is 0 Å². The number of nitrogens with zero attached hydrogens (tertiary/aromatic N) is 3. The highest BCUT2D eigenvalue weighted by Gasteiger charge is 1.95. The molecule has 0 radical (unpaired) electrons. The van der Waals surface area contributed by atoms with Crippen LogP contribution in [0.5, 0.6) is 0 Å². The smallest absolute Gasteiger partial charge is 0.217 e. The molecule has 4 heteroatoms. The first kappa shape index (κ1) is 5.75. The van der Waals surface area contributed by atoms with Crippen molar-refractivity contribution in [2.75, 3.05) is 0 Å². The summed E-state index contributed by atoms with van der Waals surface area (Å²) in [6, 6.07) is 0. The van der Waals surface area contributed by atoms with Gasteiger partial charge in [-0.1, -0.05) is 0 Å². The summed E-state index contributed by atoms with van der Waals surface area (Å²) in [6.45, 7) is 1.90. The van der Waals surface area contributed by atoms with Gasteiger partial charge in [0.25, 0.3) is 0 Å². The molecule has 0 atom stereocenters. The Labute approximate surface area is 55.9 Å². The predicted octanol–water partition coefficient (Wildman–Crippen LogP) is 0.886. The maximum Gasteiger partial charge on any atom is 0.217 e. The first-order valence-electron chi connectivity index (χ1n) is 2.23. The Balaban J connectivity index is 3.14. The topological polar surface area (TPSA) is 30.7 Å². The molecule has 0 spiro atoms. The van der Waals surface area contributed by atoms with Gasteiger partial charge in [-0.2, -0.15) is 0 Å². The van der Waals surface area contributed by atoms with E-state index in [4.69, 9.17) is 0 Å². The molecule has 0 aliphatic rings. The van der Waals surface area contributed by atoms with Crippen molar-refractivity contribution in [2.45, 2.75) is 6.92 Å². The molecule has 0 amide bonds. The lowest BCUT2D eigenvalue weighted by molar-refractivity contribution is 0.730. The van der Waals surface area contributed by atoms with Crippen LogP contribution in [0, 0.1) is 6.92 Å². The van der Waals surface area contributed by atoms with Crippen LogP contribution in [0.25, 0.3) is 0 Å². The van der Waals surface area contributed by atoms with E-state index in [9.17, 15) is 0 Å². The van der Waals surface area contributed by atoms with Crippen LogP contribution in [0.1, 0.15) is 5.82 Å². The number of hydrogen-bond acceptors (Lipinski definition) is 2. The molecule has 0 aliphatic heterocycles. The van der Waals surface area contributed by atoms with Crippen LogP contribution in [0.3, 0.4) is 0 Å². The van der Waals surface area contributed by atoms with E-state index in [2.05, 4.69) is 26.0 Å². The fourth-order valence-corrected chi connectivity index (χ4v) is 0.919. The third kappa shape index (κ3) is 0.888. The molecule has 0 aliphatic carbocycles. The van der Waals surface area contributed by atoms with Crippen LogP contribution in [-0.4, -0.2) is 14.8 Å². The Hall–Kier alpha value is -0.380. The molecule has 0 aromatic carbocycles. The molecular weight excluding hydrogens is 170 g/mol. The van der Waals surface area contributed by atoms with Crippen molar-refractivity contribution in [1.82, 2.24) is 14.8 Å². The second kappa shape index (κ2) is 1.85. The quantitative estimate of drug-likeness (QED) is 0.587. The Morgan fingerprint density at radius 2 is 2.25 bits per heavy atom. The van der Waals surface area contributed by atoms with Gasteiger partial charge in [-0.25, -0.2) is 4.98 Å². The number of rotatable bonds is 0. The van der Waals surface area contributed by atoms with E-state index in [0.717, 1.165) is 5.82 Å². The zero-order valence-electron chi connectivity index (χ0n) is 4.72. The van der Waals surface area contributed by atoms with Gasteiger partial charge in [0.15, 0.2) is 0 Å². The summed E-state index contributed by atoms with van der Waals surface area (Å²) >= 11 is 3.14. The van der Waals surface area contributed by atoms with Gasteiger partial charge < -0.3 is 0 Å². The first-order valence-corrected chi connectivity index (χ1v) is 3.02. The van der Waals surface area contributed by atoms with Crippen molar-refractivity contribution in [3.05, 3.63) is 10.6 Å². The van der Waals surface area contributed by atoms with E-state index in [1.165, 1.54) is 0 Å². The summed E-state index contributed by atoms with van der Waals surface area (Å²) in [5.41, 5.74) is 0. The minimum Gasteiger partial charge on any atom is -0.252 e. The van der Waals surface area contributed by atoms with Crippen LogP contribution in [-0.2, 0) is 7.05 Å². The highest BCUT2D eigenvalue weighted by molar-refractivity contribution is 9.10. The Kier molecular flexibility index (Phi) is 1.33. The predicted molar refractivity (Wildman–Crippen MR) is 33.4 cm³/mol. The van der Waals surface area contributed by atoms with Gasteiger partial charge in [0.05, 0.1) is 0 Å². The van der Waals surface area contributed by atoms with Gasteiger partial charge in [0.1, 0.15) is 5.82 Å². The van der Waals surface area contributed by atoms with Crippen LogP contribution >= 0.6 is 15.9 Å². The molecule has 44 valence electrons. The maximum atomic E-state index is 3.98. The molecule has 3 nitrogen and oxygen atoms in total. The van der Waals surface area contributed by atoms with Gasteiger partial charge in [0.2, 0.25) is 4.73 Å². The number of aromatic nitrogens is 3. The maximum absolute atomic E-state index is 3.98. The fraction of sp³-hybridized carbons (Fsp3) is 0.500. The van der Waals surface area contributed by atoms with Crippen molar-refractivity contribution in [3.8, 4) is 0 Å². The minimum atomic E-state index is 0.650. The number of aryl methyl sites for hydroxylation is 2. The second-order valence-corrected chi connectivity index (χ2v) is 2.26. The minimum absolute atomic E-state index is 0.650. The van der Waals surface area contributed by atoms with Crippen molar-refractivity contribution in [3.63, 3.8) is 0 Å². The summed E-state index contributed by atoms with van der Waals surface area (Å²) in [6.07, 6.45) is 0. The molecule has 1 aromatic rings. The summed E-state index contributed by atoms with van der Waals surface area (Å²) in [7, 11) is 1.85. The van der Waals surface area contributed by atoms with E-state index in [1.54, 1.807) is 4.68 Å². The van der Waals surface area contributed by atoms with Gasteiger partial charge in [0, 0.05) is 7.05 Å². The van der Waals surface area contributed by atoms with Gasteiger partial charge in [-0.15, -0.1) is 5.10 Å².